The van der Waals surface area contributed by atoms with Crippen molar-refractivity contribution in [1.82, 2.24) is 5.32 Å². The third kappa shape index (κ3) is 3.84. The van der Waals surface area contributed by atoms with Gasteiger partial charge in [0.1, 0.15) is 0 Å². The van der Waals surface area contributed by atoms with Crippen LogP contribution in [0.15, 0.2) is 0 Å². The second-order valence-corrected chi connectivity index (χ2v) is 8.28. The molecule has 4 bridgehead atoms. The fourth-order valence-corrected chi connectivity index (χ4v) is 5.58. The summed E-state index contributed by atoms with van der Waals surface area (Å²) in [6, 6.07) is 0.0813. The predicted octanol–water partition coefficient (Wildman–Crippen LogP) is 1.94. The molecule has 4 heteroatoms. The van der Waals surface area contributed by atoms with Crippen molar-refractivity contribution in [3.05, 3.63) is 0 Å². The second-order valence-electron chi connectivity index (χ2n) is 8.28. The minimum atomic E-state index is -0.477. The van der Waals surface area contributed by atoms with Gasteiger partial charge in [0.15, 0.2) is 0 Å². The van der Waals surface area contributed by atoms with Gasteiger partial charge in [0.25, 0.3) is 0 Å². The van der Waals surface area contributed by atoms with E-state index >= 15 is 0 Å². The van der Waals surface area contributed by atoms with Crippen molar-refractivity contribution in [3.8, 4) is 0 Å². The zero-order chi connectivity index (χ0) is 15.6. The van der Waals surface area contributed by atoms with Crippen LogP contribution in [0.5, 0.6) is 0 Å². The van der Waals surface area contributed by atoms with Crippen molar-refractivity contribution in [2.24, 2.45) is 23.2 Å². The Kier molecular flexibility index (Phi) is 5.43. The molecular weight excluding hydrogens is 278 g/mol. The van der Waals surface area contributed by atoms with Crippen molar-refractivity contribution in [2.75, 3.05) is 26.4 Å². The van der Waals surface area contributed by atoms with E-state index in [4.69, 9.17) is 9.84 Å². The van der Waals surface area contributed by atoms with E-state index < -0.39 is 6.10 Å². The van der Waals surface area contributed by atoms with Gasteiger partial charge in [-0.15, -0.1) is 0 Å². The molecule has 4 nitrogen and oxygen atoms in total. The molecule has 0 spiro atoms. The Morgan fingerprint density at radius 1 is 1.14 bits per heavy atom. The molecule has 0 aromatic heterocycles. The summed E-state index contributed by atoms with van der Waals surface area (Å²) in [5, 5.41) is 22.4. The maximum absolute atomic E-state index is 10.0. The SMILES string of the molecule is CC[C@@H](CO)NC[C@H](O)COCC12CC3CC(CC(C3)C1)C2. The molecule has 2 atom stereocenters. The van der Waals surface area contributed by atoms with Crippen LogP contribution in [0.4, 0.5) is 0 Å². The lowest BCUT2D eigenvalue weighted by Gasteiger charge is -2.56. The first kappa shape index (κ1) is 16.7. The summed E-state index contributed by atoms with van der Waals surface area (Å²) in [5.41, 5.74) is 0.430. The van der Waals surface area contributed by atoms with E-state index in [1.54, 1.807) is 0 Å². The van der Waals surface area contributed by atoms with Crippen LogP contribution in [-0.2, 0) is 4.74 Å². The largest absolute Gasteiger partial charge is 0.395 e. The van der Waals surface area contributed by atoms with Crippen LogP contribution >= 0.6 is 0 Å². The van der Waals surface area contributed by atoms with Crippen molar-refractivity contribution >= 4 is 0 Å². The fourth-order valence-electron chi connectivity index (χ4n) is 5.58. The molecule has 4 rings (SSSR count). The number of nitrogens with one attached hydrogen (secondary N) is 1. The van der Waals surface area contributed by atoms with E-state index in [0.717, 1.165) is 30.8 Å². The molecule has 4 aliphatic carbocycles. The zero-order valence-electron chi connectivity index (χ0n) is 14.0. The lowest BCUT2D eigenvalue weighted by molar-refractivity contribution is -0.105. The maximum Gasteiger partial charge on any atom is 0.0897 e. The number of rotatable bonds is 9. The Morgan fingerprint density at radius 2 is 1.73 bits per heavy atom. The summed E-state index contributed by atoms with van der Waals surface area (Å²) in [4.78, 5) is 0. The summed E-state index contributed by atoms with van der Waals surface area (Å²) in [6.07, 6.45) is 8.86. The Bertz CT molecular complexity index is 321. The van der Waals surface area contributed by atoms with Gasteiger partial charge in [-0.2, -0.15) is 0 Å². The van der Waals surface area contributed by atoms with Crippen LogP contribution in [0.25, 0.3) is 0 Å². The monoisotopic (exact) mass is 311 g/mol. The van der Waals surface area contributed by atoms with Crippen molar-refractivity contribution in [2.45, 2.75) is 64.0 Å². The molecular formula is C18H33NO3. The van der Waals surface area contributed by atoms with Crippen LogP contribution in [0.2, 0.25) is 0 Å². The fraction of sp³-hybridized carbons (Fsp3) is 1.00. The predicted molar refractivity (Wildman–Crippen MR) is 86.6 cm³/mol. The summed E-state index contributed by atoms with van der Waals surface area (Å²) >= 11 is 0. The van der Waals surface area contributed by atoms with E-state index in [-0.39, 0.29) is 12.6 Å². The van der Waals surface area contributed by atoms with E-state index in [0.29, 0.717) is 18.6 Å². The number of hydrogen-bond acceptors (Lipinski definition) is 4. The van der Waals surface area contributed by atoms with Crippen LogP contribution in [0.3, 0.4) is 0 Å². The highest BCUT2D eigenvalue weighted by molar-refractivity contribution is 5.01. The molecule has 4 aliphatic rings. The summed E-state index contributed by atoms with van der Waals surface area (Å²) < 4.78 is 5.93. The van der Waals surface area contributed by atoms with Crippen molar-refractivity contribution < 1.29 is 14.9 Å². The van der Waals surface area contributed by atoms with Crippen molar-refractivity contribution in [1.29, 1.82) is 0 Å². The molecule has 0 aromatic carbocycles. The number of ether oxygens (including phenoxy) is 1. The van der Waals surface area contributed by atoms with Crippen LogP contribution in [-0.4, -0.2) is 48.7 Å². The van der Waals surface area contributed by atoms with Crippen LogP contribution in [0.1, 0.15) is 51.9 Å². The van der Waals surface area contributed by atoms with Gasteiger partial charge in [0.05, 0.1) is 25.9 Å². The first-order chi connectivity index (χ1) is 10.6. The molecule has 128 valence electrons. The molecule has 0 unspecified atom stereocenters. The molecule has 0 amide bonds. The van der Waals surface area contributed by atoms with E-state index in [2.05, 4.69) is 5.32 Å². The van der Waals surface area contributed by atoms with E-state index in [1.165, 1.54) is 38.5 Å². The highest BCUT2D eigenvalue weighted by atomic mass is 16.5. The normalized spacial score (nSPS) is 39.1. The highest BCUT2D eigenvalue weighted by Gasteiger charge is 2.50. The van der Waals surface area contributed by atoms with Crippen LogP contribution < -0.4 is 5.32 Å². The standard InChI is InChI=1S/C18H33NO3/c1-2-16(10-20)19-9-17(21)11-22-12-18-6-13-3-14(7-18)5-15(4-13)8-18/h13-17,19-21H,2-12H2,1H3/t13?,14?,15?,16-,17-,18?/m0/s1. The molecule has 0 heterocycles. The van der Waals surface area contributed by atoms with Gasteiger partial charge < -0.3 is 20.3 Å². The lowest BCUT2D eigenvalue weighted by Crippen LogP contribution is -2.48. The maximum atomic E-state index is 10.0. The van der Waals surface area contributed by atoms with Gasteiger partial charge in [-0.25, -0.2) is 0 Å². The quantitative estimate of drug-likeness (QED) is 0.609. The zero-order valence-corrected chi connectivity index (χ0v) is 14.0. The third-order valence-corrected chi connectivity index (χ3v) is 6.24. The first-order valence-electron chi connectivity index (χ1n) is 9.22. The number of aliphatic hydroxyl groups is 2. The van der Waals surface area contributed by atoms with Crippen LogP contribution in [0, 0.1) is 23.2 Å². The summed E-state index contributed by atoms with van der Waals surface area (Å²) in [6.45, 7) is 3.91. The molecule has 4 saturated carbocycles. The van der Waals surface area contributed by atoms with Gasteiger partial charge >= 0.3 is 0 Å². The average molecular weight is 311 g/mol. The van der Waals surface area contributed by atoms with Crippen molar-refractivity contribution in [3.63, 3.8) is 0 Å². The molecule has 0 saturated heterocycles. The van der Waals surface area contributed by atoms with Gasteiger partial charge in [-0.05, 0) is 68.1 Å². The summed E-state index contributed by atoms with van der Waals surface area (Å²) in [7, 11) is 0. The second kappa shape index (κ2) is 7.16. The first-order valence-corrected chi connectivity index (χ1v) is 9.22. The Labute approximate surface area is 134 Å². The highest BCUT2D eigenvalue weighted by Crippen LogP contribution is 2.59. The topological polar surface area (TPSA) is 61.7 Å². The Hall–Kier alpha value is -0.160. The molecule has 0 aromatic rings. The lowest BCUT2D eigenvalue weighted by atomic mass is 9.50. The van der Waals surface area contributed by atoms with E-state index in [1.807, 2.05) is 6.92 Å². The van der Waals surface area contributed by atoms with Gasteiger partial charge in [-0.3, -0.25) is 0 Å². The Morgan fingerprint density at radius 3 is 2.23 bits per heavy atom. The molecule has 0 aliphatic heterocycles. The third-order valence-electron chi connectivity index (χ3n) is 6.24. The minimum absolute atomic E-state index is 0.0813. The van der Waals surface area contributed by atoms with E-state index in [9.17, 15) is 5.11 Å². The molecule has 0 radical (unpaired) electrons. The van der Waals surface area contributed by atoms with Gasteiger partial charge in [0.2, 0.25) is 0 Å². The number of hydrogen-bond donors (Lipinski definition) is 3. The smallest absolute Gasteiger partial charge is 0.0897 e. The van der Waals surface area contributed by atoms with Gasteiger partial charge in [-0.1, -0.05) is 6.92 Å². The molecule has 4 fully saturated rings. The summed E-state index contributed by atoms with van der Waals surface area (Å²) in [5.74, 6) is 2.86. The van der Waals surface area contributed by atoms with Gasteiger partial charge in [0, 0.05) is 12.6 Å². The molecule has 22 heavy (non-hydrogen) atoms. The number of aliphatic hydroxyl groups excluding tert-OH is 2. The Balaban J connectivity index is 1.38. The minimum Gasteiger partial charge on any atom is -0.395 e. The average Bonchev–Trinajstić information content (AvgIpc) is 2.46. The molecule has 3 N–H and O–H groups in total.